The lowest BCUT2D eigenvalue weighted by atomic mass is 10.1. The van der Waals surface area contributed by atoms with Gasteiger partial charge in [0.05, 0.1) is 29.3 Å². The molecule has 1 aromatic heterocycles. The number of hydrazine groups is 1. The van der Waals surface area contributed by atoms with Gasteiger partial charge in [-0.15, -0.1) is 6.42 Å². The fourth-order valence-electron chi connectivity index (χ4n) is 1.77. The lowest BCUT2D eigenvalue weighted by Gasteiger charge is -2.13. The second-order valence-electron chi connectivity index (χ2n) is 4.58. The number of aromatic nitrogens is 2. The van der Waals surface area contributed by atoms with Crippen LogP contribution in [0.4, 0.5) is 15.8 Å². The predicted molar refractivity (Wildman–Crippen MR) is 92.6 cm³/mol. The van der Waals surface area contributed by atoms with E-state index in [1.54, 1.807) is 0 Å². The summed E-state index contributed by atoms with van der Waals surface area (Å²) in [6.45, 7) is 0. The summed E-state index contributed by atoms with van der Waals surface area (Å²) in [5, 5.41) is 9.72. The Bertz CT molecular complexity index is 839. The lowest BCUT2D eigenvalue weighted by molar-refractivity contribution is -0.112. The fourth-order valence-corrected chi connectivity index (χ4v) is 1.77. The van der Waals surface area contributed by atoms with Gasteiger partial charge in [0.25, 0.3) is 5.91 Å². The summed E-state index contributed by atoms with van der Waals surface area (Å²) in [6, 6.07) is 2.10. The number of anilines is 2. The van der Waals surface area contributed by atoms with Crippen LogP contribution in [-0.4, -0.2) is 22.4 Å². The Morgan fingerprint density at radius 1 is 1.48 bits per heavy atom. The number of nitrogens with two attached hydrogens (primary N) is 2. The van der Waals surface area contributed by atoms with Gasteiger partial charge in [0.15, 0.2) is 6.29 Å². The zero-order valence-corrected chi connectivity index (χ0v) is 12.3. The second-order valence-corrected chi connectivity index (χ2v) is 4.58. The Morgan fingerprint density at radius 3 is 2.76 bits per heavy atom. The number of aromatic amines is 1. The summed E-state index contributed by atoms with van der Waals surface area (Å²) in [7, 11) is 0. The highest BCUT2D eigenvalue weighted by Gasteiger charge is 2.13. The largest absolute Gasteiger partial charge is 0.393 e. The third-order valence-corrected chi connectivity index (χ3v) is 2.99. The molecule has 9 heteroatoms. The van der Waals surface area contributed by atoms with Gasteiger partial charge >= 0.3 is 0 Å². The van der Waals surface area contributed by atoms with E-state index >= 15 is 0 Å². The lowest BCUT2D eigenvalue weighted by Crippen LogP contribution is -2.29. The summed E-state index contributed by atoms with van der Waals surface area (Å²) in [5.74, 6) is 6.33. The molecule has 0 fully saturated rings. The standard InChI is InChI=1S/C15H13FN6O2.CH4/c1-2-9-4-14(10(8-23)3-12(9)16)21-15(24)13(17)7-22(18)11-5-19-20-6-11;/h1,3-8H,17-18H2,(H,19,20)(H,21,24);1H4/b13-7-;. The van der Waals surface area contributed by atoms with Gasteiger partial charge in [0.1, 0.15) is 11.5 Å². The average molecular weight is 344 g/mol. The van der Waals surface area contributed by atoms with E-state index in [0.29, 0.717) is 12.0 Å². The van der Waals surface area contributed by atoms with Crippen LogP contribution in [0.3, 0.4) is 0 Å². The number of carbonyl (C=O) groups is 2. The summed E-state index contributed by atoms with van der Waals surface area (Å²) in [6.07, 6.45) is 9.62. The average Bonchev–Trinajstić information content (AvgIpc) is 3.10. The van der Waals surface area contributed by atoms with Gasteiger partial charge < -0.3 is 11.1 Å². The van der Waals surface area contributed by atoms with Gasteiger partial charge in [-0.25, -0.2) is 10.2 Å². The second kappa shape index (κ2) is 8.28. The van der Waals surface area contributed by atoms with Crippen LogP contribution >= 0.6 is 0 Å². The molecule has 130 valence electrons. The maximum atomic E-state index is 13.6. The molecule has 1 amide bonds. The molecule has 1 aromatic carbocycles. The molecular formula is C16H17FN6O2. The van der Waals surface area contributed by atoms with Crippen molar-refractivity contribution in [2.24, 2.45) is 11.6 Å². The molecule has 0 aliphatic carbocycles. The van der Waals surface area contributed by atoms with Crippen molar-refractivity contribution >= 4 is 23.6 Å². The molecule has 6 N–H and O–H groups in total. The Morgan fingerprint density at radius 2 is 2.20 bits per heavy atom. The fraction of sp³-hybridized carbons (Fsp3) is 0.0625. The summed E-state index contributed by atoms with van der Waals surface area (Å²) in [4.78, 5) is 23.1. The molecular weight excluding hydrogens is 327 g/mol. The molecule has 0 saturated heterocycles. The number of amides is 1. The van der Waals surface area contributed by atoms with E-state index in [0.717, 1.165) is 17.3 Å². The van der Waals surface area contributed by atoms with Crippen LogP contribution in [0.2, 0.25) is 0 Å². The van der Waals surface area contributed by atoms with Gasteiger partial charge in [-0.1, -0.05) is 13.3 Å². The van der Waals surface area contributed by atoms with Crippen LogP contribution in [0.5, 0.6) is 0 Å². The number of halogens is 1. The van der Waals surface area contributed by atoms with Crippen molar-refractivity contribution in [2.75, 3.05) is 10.3 Å². The summed E-state index contributed by atoms with van der Waals surface area (Å²) >= 11 is 0. The van der Waals surface area contributed by atoms with Crippen LogP contribution < -0.4 is 21.9 Å². The van der Waals surface area contributed by atoms with Crippen LogP contribution in [0, 0.1) is 18.2 Å². The van der Waals surface area contributed by atoms with Crippen LogP contribution in [0.25, 0.3) is 0 Å². The van der Waals surface area contributed by atoms with Gasteiger partial charge in [-0.2, -0.15) is 5.10 Å². The van der Waals surface area contributed by atoms with Gasteiger partial charge in [0, 0.05) is 11.8 Å². The Hall–Kier alpha value is -3.64. The first-order chi connectivity index (χ1) is 11.5. The number of carbonyl (C=O) groups excluding carboxylic acids is 2. The topological polar surface area (TPSA) is 130 Å². The quantitative estimate of drug-likeness (QED) is 0.211. The maximum absolute atomic E-state index is 13.6. The first-order valence-corrected chi connectivity index (χ1v) is 6.53. The van der Waals surface area contributed by atoms with E-state index < -0.39 is 11.7 Å². The molecule has 25 heavy (non-hydrogen) atoms. The Kier molecular flexibility index (Phi) is 6.43. The molecule has 0 spiro atoms. The highest BCUT2D eigenvalue weighted by Crippen LogP contribution is 2.19. The minimum atomic E-state index is -0.744. The zero-order valence-electron chi connectivity index (χ0n) is 12.3. The monoisotopic (exact) mass is 344 g/mol. The normalized spacial score (nSPS) is 10.4. The first-order valence-electron chi connectivity index (χ1n) is 6.53. The first kappa shape index (κ1) is 19.4. The number of terminal acetylenes is 1. The minimum absolute atomic E-state index is 0. The van der Waals surface area contributed by atoms with Gasteiger partial charge in [-0.05, 0) is 12.1 Å². The number of nitrogens with one attached hydrogen (secondary N) is 2. The molecule has 0 unspecified atom stereocenters. The van der Waals surface area contributed by atoms with E-state index in [2.05, 4.69) is 21.4 Å². The number of aldehydes is 1. The highest BCUT2D eigenvalue weighted by atomic mass is 19.1. The highest BCUT2D eigenvalue weighted by molar-refractivity contribution is 6.05. The molecule has 0 aliphatic rings. The van der Waals surface area contributed by atoms with E-state index in [4.69, 9.17) is 18.0 Å². The molecule has 0 atom stereocenters. The SMILES string of the molecule is C.C#Cc1cc(NC(=O)/C(N)=C/N(N)c2cn[nH]c2)c(C=O)cc1F. The molecule has 0 radical (unpaired) electrons. The smallest absolute Gasteiger partial charge is 0.273 e. The molecule has 1 heterocycles. The summed E-state index contributed by atoms with van der Waals surface area (Å²) in [5.41, 5.74) is 5.74. The van der Waals surface area contributed by atoms with Crippen LogP contribution in [0.15, 0.2) is 36.4 Å². The number of nitrogens with zero attached hydrogens (tertiary/aromatic N) is 2. The van der Waals surface area contributed by atoms with Crippen LogP contribution in [0.1, 0.15) is 23.3 Å². The van der Waals surface area contributed by atoms with E-state index in [1.165, 1.54) is 18.5 Å². The molecule has 8 nitrogen and oxygen atoms in total. The number of hydrogen-bond donors (Lipinski definition) is 4. The third kappa shape index (κ3) is 4.43. The Labute approximate surface area is 143 Å². The van der Waals surface area contributed by atoms with Crippen molar-refractivity contribution in [2.45, 2.75) is 7.43 Å². The van der Waals surface area contributed by atoms with Crippen molar-refractivity contribution in [1.82, 2.24) is 10.2 Å². The number of benzene rings is 1. The van der Waals surface area contributed by atoms with Gasteiger partial charge in [0.2, 0.25) is 0 Å². The van der Waals surface area contributed by atoms with Crippen LogP contribution in [-0.2, 0) is 4.79 Å². The predicted octanol–water partition coefficient (Wildman–Crippen LogP) is 1.10. The third-order valence-electron chi connectivity index (χ3n) is 2.99. The zero-order chi connectivity index (χ0) is 17.7. The van der Waals surface area contributed by atoms with Gasteiger partial charge in [-0.3, -0.25) is 19.7 Å². The van der Waals surface area contributed by atoms with Crippen molar-refractivity contribution in [3.05, 3.63) is 53.4 Å². The van der Waals surface area contributed by atoms with Crippen molar-refractivity contribution in [1.29, 1.82) is 0 Å². The number of hydrogen-bond acceptors (Lipinski definition) is 6. The molecule has 0 saturated carbocycles. The number of H-pyrrole nitrogens is 1. The van der Waals surface area contributed by atoms with E-state index in [1.807, 2.05) is 0 Å². The molecule has 2 rings (SSSR count). The van der Waals surface area contributed by atoms with E-state index in [-0.39, 0.29) is 29.9 Å². The molecule has 0 aliphatic heterocycles. The minimum Gasteiger partial charge on any atom is -0.393 e. The van der Waals surface area contributed by atoms with Crippen molar-refractivity contribution in [3.8, 4) is 12.3 Å². The molecule has 2 aromatic rings. The van der Waals surface area contributed by atoms with Crippen molar-refractivity contribution in [3.63, 3.8) is 0 Å². The Balaban J connectivity index is 0.00000312. The molecule has 0 bridgehead atoms. The van der Waals surface area contributed by atoms with Crippen molar-refractivity contribution < 1.29 is 14.0 Å². The maximum Gasteiger partial charge on any atom is 0.273 e. The number of rotatable bonds is 5. The van der Waals surface area contributed by atoms with E-state index in [9.17, 15) is 14.0 Å². The summed E-state index contributed by atoms with van der Waals surface area (Å²) < 4.78 is 13.6.